The van der Waals surface area contributed by atoms with Crippen LogP contribution in [-0.4, -0.2) is 71.9 Å². The normalized spacial score (nSPS) is 17.5. The van der Waals surface area contributed by atoms with Crippen LogP contribution in [0.4, 0.5) is 11.4 Å². The van der Waals surface area contributed by atoms with Gasteiger partial charge in [0.25, 0.3) is 0 Å². The first-order chi connectivity index (χ1) is 30.3. The zero-order valence-electron chi connectivity index (χ0n) is 38.4. The van der Waals surface area contributed by atoms with Gasteiger partial charge in [0.05, 0.1) is 38.0 Å². The third-order valence-corrected chi connectivity index (χ3v) is 14.5. The Bertz CT molecular complexity index is 2670. The summed E-state index contributed by atoms with van der Waals surface area (Å²) in [4.78, 5) is 14.6. The predicted molar refractivity (Wildman–Crippen MR) is 235 cm³/mol. The van der Waals surface area contributed by atoms with Crippen molar-refractivity contribution in [1.82, 2.24) is 0 Å². The van der Waals surface area contributed by atoms with E-state index in [0.29, 0.717) is 67.0 Å². The standard InChI is InChI=1S/C44H50N2O14S4.3Na/c1-43(2)35-27-33(62-60-58-50)16-18-37(35)46(23-6-8-25-63(51,52)53)39(43)20-14-29-12-13-30(41(29)31-10-9-11-32(26-31)42(47)48)15-21-40-44(3,4)36-28-34(64(54,55)56)17-19-38(36)45(40)22-5-7-24-61-59-57-49;;;/h9-11,14-21,26-28H,5-8,12-13,22-25H2,1-4H3,(H4-,47,48,49,50,51,52,53,54,55,56);;;/q;3*+1/p-3. The molecule has 67 heavy (non-hydrogen) atoms. The second-order valence-corrected chi connectivity index (χ2v) is 20.9. The fourth-order valence-corrected chi connectivity index (χ4v) is 10.6. The fourth-order valence-electron chi connectivity index (χ4n) is 8.68. The molecule has 0 aromatic heterocycles. The molecular weight excluding hydrogens is 978 g/mol. The molecule has 6 rings (SSSR count). The van der Waals surface area contributed by atoms with Crippen molar-refractivity contribution in [2.45, 2.75) is 86.8 Å². The number of hydrogen-bond donors (Lipinski definition) is 1. The van der Waals surface area contributed by atoms with Crippen molar-refractivity contribution >= 4 is 73.0 Å². The van der Waals surface area contributed by atoms with Crippen LogP contribution >= 0.6 is 24.1 Å². The van der Waals surface area contributed by atoms with Gasteiger partial charge in [-0.1, -0.05) is 38.1 Å². The topological polar surface area (TPSA) is 241 Å². The first-order valence-corrected chi connectivity index (χ1v) is 24.9. The Morgan fingerprint density at radius 2 is 1.57 bits per heavy atom. The number of allylic oxidation sites excluding steroid dienone is 8. The van der Waals surface area contributed by atoms with Crippen LogP contribution in [0, 0.1) is 0 Å². The van der Waals surface area contributed by atoms with E-state index in [2.05, 4.69) is 28.2 Å². The summed E-state index contributed by atoms with van der Waals surface area (Å²) in [6.45, 7) is 8.92. The van der Waals surface area contributed by atoms with E-state index in [1.807, 2.05) is 70.2 Å². The van der Waals surface area contributed by atoms with E-state index in [0.717, 1.165) is 69.2 Å². The zero-order chi connectivity index (χ0) is 46.5. The summed E-state index contributed by atoms with van der Waals surface area (Å²) in [5.41, 5.74) is 7.05. The molecule has 0 radical (unpaired) electrons. The van der Waals surface area contributed by atoms with Gasteiger partial charge in [-0.15, -0.1) is 0 Å². The first-order valence-electron chi connectivity index (χ1n) is 20.3. The molecule has 2 aliphatic heterocycles. The Kier molecular flexibility index (Phi) is 23.3. The zero-order valence-corrected chi connectivity index (χ0v) is 47.7. The van der Waals surface area contributed by atoms with Crippen LogP contribution in [-0.2, 0) is 49.8 Å². The Labute approximate surface area is 466 Å². The number of hydrogen-bond acceptors (Lipinski definition) is 16. The van der Waals surface area contributed by atoms with E-state index >= 15 is 0 Å². The van der Waals surface area contributed by atoms with Gasteiger partial charge in [0.1, 0.15) is 16.7 Å². The molecule has 0 bridgehead atoms. The number of aromatic carboxylic acids is 1. The van der Waals surface area contributed by atoms with Gasteiger partial charge in [0.2, 0.25) is 5.69 Å². The molecule has 3 aromatic carbocycles. The van der Waals surface area contributed by atoms with Gasteiger partial charge in [0, 0.05) is 75.9 Å². The van der Waals surface area contributed by atoms with Gasteiger partial charge >= 0.3 is 94.6 Å². The largest absolute Gasteiger partial charge is 1.00 e. The van der Waals surface area contributed by atoms with E-state index in [1.54, 1.807) is 24.3 Å². The van der Waals surface area contributed by atoms with Crippen molar-refractivity contribution < 1.29 is 158 Å². The summed E-state index contributed by atoms with van der Waals surface area (Å²) in [6.07, 6.45) is 11.1. The molecule has 0 spiro atoms. The number of unbranched alkanes of at least 4 members (excludes halogenated alkanes) is 2. The molecule has 0 fully saturated rings. The van der Waals surface area contributed by atoms with Crippen LogP contribution in [0.5, 0.6) is 0 Å². The average molecular weight is 1030 g/mol. The van der Waals surface area contributed by atoms with Crippen LogP contribution in [0.1, 0.15) is 93.3 Å². The molecule has 0 unspecified atom stereocenters. The number of anilines is 1. The minimum atomic E-state index is -4.74. The van der Waals surface area contributed by atoms with E-state index < -0.39 is 42.8 Å². The summed E-state index contributed by atoms with van der Waals surface area (Å²) in [5.74, 6) is -1.08. The number of benzene rings is 3. The Morgan fingerprint density at radius 1 is 0.836 bits per heavy atom. The number of nitrogens with zero attached hydrogens (tertiary/aromatic N) is 2. The summed E-state index contributed by atoms with van der Waals surface area (Å²) in [6, 6.07) is 16.6. The van der Waals surface area contributed by atoms with Crippen molar-refractivity contribution in [3.8, 4) is 0 Å². The number of rotatable bonds is 21. The smallest absolute Gasteiger partial charge is 0.748 e. The van der Waals surface area contributed by atoms with Crippen molar-refractivity contribution in [2.75, 3.05) is 29.5 Å². The van der Waals surface area contributed by atoms with E-state index in [9.17, 15) is 46.4 Å². The number of carbonyl (C=O) groups is 1. The number of fused-ring (bicyclic) bond motifs is 2. The maximum Gasteiger partial charge on any atom is 1.00 e. The fraction of sp³-hybridized carbons (Fsp3) is 0.364. The SMILES string of the molecule is CC1(C)C(/C=C/C2=C(c3cccc(C(=O)O)c3)C(=C/C=C3/N(CCCCSOO[O-])c4ccc(S(=O)(=O)[O-])cc4C3(C)C)/CC2)=[N+](CCCCS(=O)(=O)[O-])c2ccc(SOO[O-])cc21.[Na+].[Na+].[Na+]. The van der Waals surface area contributed by atoms with Crippen molar-refractivity contribution in [3.63, 3.8) is 0 Å². The summed E-state index contributed by atoms with van der Waals surface area (Å²) in [5, 5.41) is 37.9. The van der Waals surface area contributed by atoms with Gasteiger partial charge in [-0.25, -0.2) is 21.6 Å². The van der Waals surface area contributed by atoms with Crippen LogP contribution in [0.3, 0.4) is 0 Å². The molecule has 0 saturated heterocycles. The van der Waals surface area contributed by atoms with Gasteiger partial charge in [-0.05, 0) is 122 Å². The second kappa shape index (κ2) is 26.0. The molecule has 1 aliphatic carbocycles. The molecule has 0 atom stereocenters. The molecule has 16 nitrogen and oxygen atoms in total. The minimum absolute atomic E-state index is 0. The quantitative estimate of drug-likeness (QED) is 0.0217. The third-order valence-electron chi connectivity index (χ3n) is 11.7. The molecular formula is C44H47N2Na3O14S4. The van der Waals surface area contributed by atoms with Gasteiger partial charge < -0.3 is 29.6 Å². The van der Waals surface area contributed by atoms with E-state index in [4.69, 9.17) is 0 Å². The van der Waals surface area contributed by atoms with Crippen LogP contribution < -0.4 is 104 Å². The van der Waals surface area contributed by atoms with Gasteiger partial charge in [-0.2, -0.15) is 13.2 Å². The van der Waals surface area contributed by atoms with Crippen molar-refractivity contribution in [1.29, 1.82) is 0 Å². The van der Waals surface area contributed by atoms with E-state index in [1.165, 1.54) is 18.2 Å². The second-order valence-electron chi connectivity index (χ2n) is 16.5. The number of carboxylic acid groups (broad SMARTS) is 1. The van der Waals surface area contributed by atoms with Crippen molar-refractivity contribution in [3.05, 3.63) is 124 Å². The molecule has 344 valence electrons. The Hall–Kier alpha value is -1.16. The minimum Gasteiger partial charge on any atom is -0.748 e. The van der Waals surface area contributed by atoms with Crippen LogP contribution in [0.2, 0.25) is 0 Å². The summed E-state index contributed by atoms with van der Waals surface area (Å²) < 4.78 is 81.7. The Balaban J connectivity index is 0.00000397. The average Bonchev–Trinajstić information content (AvgIpc) is 3.81. The molecule has 0 amide bonds. The van der Waals surface area contributed by atoms with Gasteiger partial charge in [0.15, 0.2) is 5.71 Å². The number of carboxylic acids is 1. The molecule has 0 saturated carbocycles. The molecule has 23 heteroatoms. The van der Waals surface area contributed by atoms with Gasteiger partial charge in [-0.3, -0.25) is 10.1 Å². The summed E-state index contributed by atoms with van der Waals surface area (Å²) in [7, 11) is -9.14. The molecule has 1 N–H and O–H groups in total. The molecule has 3 aromatic rings. The van der Waals surface area contributed by atoms with Crippen molar-refractivity contribution in [2.24, 2.45) is 0 Å². The van der Waals surface area contributed by atoms with Crippen LogP contribution in [0.25, 0.3) is 5.57 Å². The predicted octanol–water partition coefficient (Wildman–Crippen LogP) is -2.70. The maximum absolute atomic E-state index is 12.2. The Morgan fingerprint density at radius 3 is 2.24 bits per heavy atom. The molecule has 2 heterocycles. The first kappa shape index (κ1) is 60.1. The van der Waals surface area contributed by atoms with Crippen LogP contribution in [0.15, 0.2) is 112 Å². The summed E-state index contributed by atoms with van der Waals surface area (Å²) >= 11 is 1.66. The third kappa shape index (κ3) is 14.7. The van der Waals surface area contributed by atoms with E-state index in [-0.39, 0.29) is 106 Å². The monoisotopic (exact) mass is 1020 g/mol. The maximum atomic E-state index is 12.2. The molecule has 3 aliphatic rings.